The molecule has 0 bridgehead atoms. The van der Waals surface area contributed by atoms with Crippen LogP contribution in [0.25, 0.3) is 0 Å². The minimum Gasteiger partial charge on any atom is -0.328 e. The zero-order valence-corrected chi connectivity index (χ0v) is 7.88. The van der Waals surface area contributed by atoms with Gasteiger partial charge in [0.25, 0.3) is 0 Å². The van der Waals surface area contributed by atoms with Crippen molar-refractivity contribution in [3.05, 3.63) is 0 Å². The molecule has 1 heterocycles. The summed E-state index contributed by atoms with van der Waals surface area (Å²) in [7, 11) is 2.19. The fraction of sp³-hybridized carbons (Fsp3) is 1.00. The zero-order chi connectivity index (χ0) is 8.43. The molecular weight excluding hydrogens is 136 g/mol. The second-order valence-electron chi connectivity index (χ2n) is 4.17. The van der Waals surface area contributed by atoms with Gasteiger partial charge in [0.15, 0.2) is 0 Å². The predicted octanol–water partition coefficient (Wildman–Crippen LogP) is 0.921. The highest BCUT2D eigenvalue weighted by molar-refractivity contribution is 4.81. The van der Waals surface area contributed by atoms with Crippen LogP contribution in [-0.4, -0.2) is 31.1 Å². The number of hydrogen-bond donors (Lipinski definition) is 1. The molecule has 2 nitrogen and oxygen atoms in total. The number of likely N-dealkylation sites (tertiary alicyclic amines) is 1. The lowest BCUT2D eigenvalue weighted by molar-refractivity contribution is 0.374. The van der Waals surface area contributed by atoms with Crippen molar-refractivity contribution in [3.63, 3.8) is 0 Å². The van der Waals surface area contributed by atoms with Crippen LogP contribution in [0.1, 0.15) is 20.3 Å². The number of rotatable bonds is 2. The summed E-state index contributed by atoms with van der Waals surface area (Å²) in [5, 5.41) is 0. The Kier molecular flexibility index (Phi) is 2.90. The summed E-state index contributed by atoms with van der Waals surface area (Å²) in [5.41, 5.74) is 5.76. The maximum absolute atomic E-state index is 5.76. The van der Waals surface area contributed by atoms with Crippen molar-refractivity contribution in [2.45, 2.75) is 26.3 Å². The van der Waals surface area contributed by atoms with Crippen molar-refractivity contribution >= 4 is 0 Å². The van der Waals surface area contributed by atoms with Gasteiger partial charge in [-0.2, -0.15) is 0 Å². The third-order valence-corrected chi connectivity index (χ3v) is 2.63. The van der Waals surface area contributed by atoms with Crippen LogP contribution >= 0.6 is 0 Å². The van der Waals surface area contributed by atoms with Crippen molar-refractivity contribution in [2.24, 2.45) is 17.6 Å². The molecule has 1 fully saturated rings. The van der Waals surface area contributed by atoms with E-state index < -0.39 is 0 Å². The summed E-state index contributed by atoms with van der Waals surface area (Å²) in [6.45, 7) is 6.92. The van der Waals surface area contributed by atoms with Crippen LogP contribution in [0.2, 0.25) is 0 Å². The third kappa shape index (κ3) is 2.46. The van der Waals surface area contributed by atoms with Crippen LogP contribution < -0.4 is 5.73 Å². The highest BCUT2D eigenvalue weighted by atomic mass is 15.1. The van der Waals surface area contributed by atoms with E-state index in [0.717, 1.165) is 11.8 Å². The highest BCUT2D eigenvalue weighted by Crippen LogP contribution is 2.24. The molecule has 3 atom stereocenters. The Bertz CT molecular complexity index is 123. The summed E-state index contributed by atoms with van der Waals surface area (Å²) in [6, 6.07) is 0.369. The minimum absolute atomic E-state index is 0.369. The van der Waals surface area contributed by atoms with Crippen molar-refractivity contribution in [1.82, 2.24) is 4.90 Å². The molecule has 0 aromatic rings. The van der Waals surface area contributed by atoms with E-state index in [1.807, 2.05) is 0 Å². The van der Waals surface area contributed by atoms with Gasteiger partial charge in [-0.15, -0.1) is 0 Å². The molecule has 0 aliphatic carbocycles. The normalized spacial score (nSPS) is 36.0. The van der Waals surface area contributed by atoms with E-state index in [9.17, 15) is 0 Å². The Morgan fingerprint density at radius 3 is 2.55 bits per heavy atom. The molecule has 0 spiro atoms. The summed E-state index contributed by atoms with van der Waals surface area (Å²) in [5.74, 6) is 1.67. The first kappa shape index (κ1) is 9.01. The van der Waals surface area contributed by atoms with Gasteiger partial charge in [-0.05, 0) is 32.2 Å². The van der Waals surface area contributed by atoms with Gasteiger partial charge in [-0.1, -0.05) is 6.92 Å². The van der Waals surface area contributed by atoms with Crippen LogP contribution in [0.5, 0.6) is 0 Å². The predicted molar refractivity (Wildman–Crippen MR) is 48.4 cm³/mol. The van der Waals surface area contributed by atoms with Crippen LogP contribution in [-0.2, 0) is 0 Å². The van der Waals surface area contributed by atoms with Crippen molar-refractivity contribution in [3.8, 4) is 0 Å². The number of nitrogens with zero attached hydrogens (tertiary/aromatic N) is 1. The average Bonchev–Trinajstić information content (AvgIpc) is 2.09. The van der Waals surface area contributed by atoms with Crippen molar-refractivity contribution in [2.75, 3.05) is 20.1 Å². The number of hydrogen-bond acceptors (Lipinski definition) is 2. The van der Waals surface area contributed by atoms with Crippen LogP contribution in [0.3, 0.4) is 0 Å². The Morgan fingerprint density at radius 2 is 2.18 bits per heavy atom. The Hall–Kier alpha value is -0.0800. The van der Waals surface area contributed by atoms with Gasteiger partial charge in [0.05, 0.1) is 0 Å². The SMILES string of the molecule is CC(N)C[C@H]1CN(C)C[C@H]1C. The van der Waals surface area contributed by atoms with E-state index in [1.54, 1.807) is 0 Å². The smallest absolute Gasteiger partial charge is 0.00137 e. The first-order valence-electron chi connectivity index (χ1n) is 4.53. The second kappa shape index (κ2) is 3.55. The minimum atomic E-state index is 0.369. The van der Waals surface area contributed by atoms with E-state index >= 15 is 0 Å². The van der Waals surface area contributed by atoms with E-state index in [1.165, 1.54) is 19.5 Å². The van der Waals surface area contributed by atoms with E-state index in [0.29, 0.717) is 6.04 Å². The van der Waals surface area contributed by atoms with Crippen molar-refractivity contribution < 1.29 is 0 Å². The molecule has 11 heavy (non-hydrogen) atoms. The Balaban J connectivity index is 2.34. The van der Waals surface area contributed by atoms with E-state index in [2.05, 4.69) is 25.8 Å². The van der Waals surface area contributed by atoms with Gasteiger partial charge in [-0.25, -0.2) is 0 Å². The molecule has 0 amide bonds. The van der Waals surface area contributed by atoms with E-state index in [-0.39, 0.29) is 0 Å². The topological polar surface area (TPSA) is 29.3 Å². The highest BCUT2D eigenvalue weighted by Gasteiger charge is 2.27. The van der Waals surface area contributed by atoms with Crippen LogP contribution in [0, 0.1) is 11.8 Å². The zero-order valence-electron chi connectivity index (χ0n) is 7.88. The molecule has 1 rings (SSSR count). The standard InChI is InChI=1S/C9H20N2/c1-7-5-11(3)6-9(7)4-8(2)10/h7-9H,4-6,10H2,1-3H3/t7-,8?,9+/m1/s1. The largest absolute Gasteiger partial charge is 0.328 e. The van der Waals surface area contributed by atoms with E-state index in [4.69, 9.17) is 5.73 Å². The summed E-state index contributed by atoms with van der Waals surface area (Å²) >= 11 is 0. The molecule has 1 aliphatic rings. The molecule has 1 saturated heterocycles. The van der Waals surface area contributed by atoms with Gasteiger partial charge >= 0.3 is 0 Å². The fourth-order valence-electron chi connectivity index (χ4n) is 2.08. The van der Waals surface area contributed by atoms with Gasteiger partial charge in [0, 0.05) is 19.1 Å². The molecule has 0 radical (unpaired) electrons. The summed E-state index contributed by atoms with van der Waals surface area (Å²) < 4.78 is 0. The maximum atomic E-state index is 5.76. The third-order valence-electron chi connectivity index (χ3n) is 2.63. The molecule has 1 unspecified atom stereocenters. The molecule has 2 heteroatoms. The number of nitrogens with two attached hydrogens (primary N) is 1. The molecule has 2 N–H and O–H groups in total. The first-order valence-corrected chi connectivity index (χ1v) is 4.53. The van der Waals surface area contributed by atoms with Gasteiger partial charge in [-0.3, -0.25) is 0 Å². The van der Waals surface area contributed by atoms with Gasteiger partial charge < -0.3 is 10.6 Å². The quantitative estimate of drug-likeness (QED) is 0.644. The van der Waals surface area contributed by atoms with Crippen LogP contribution in [0.15, 0.2) is 0 Å². The lowest BCUT2D eigenvalue weighted by Gasteiger charge is -2.15. The Labute approximate surface area is 69.8 Å². The molecular formula is C9H20N2. The van der Waals surface area contributed by atoms with Crippen molar-refractivity contribution in [1.29, 1.82) is 0 Å². The molecule has 0 aromatic carbocycles. The second-order valence-corrected chi connectivity index (χ2v) is 4.17. The average molecular weight is 156 g/mol. The first-order chi connectivity index (χ1) is 5.09. The summed E-state index contributed by atoms with van der Waals surface area (Å²) in [6.07, 6.45) is 1.19. The summed E-state index contributed by atoms with van der Waals surface area (Å²) in [4.78, 5) is 2.40. The lowest BCUT2D eigenvalue weighted by atomic mass is 9.92. The fourth-order valence-corrected chi connectivity index (χ4v) is 2.08. The molecule has 66 valence electrons. The maximum Gasteiger partial charge on any atom is 0.00137 e. The van der Waals surface area contributed by atoms with Crippen LogP contribution in [0.4, 0.5) is 0 Å². The van der Waals surface area contributed by atoms with Gasteiger partial charge in [0.1, 0.15) is 0 Å². The monoisotopic (exact) mass is 156 g/mol. The Morgan fingerprint density at radius 1 is 1.55 bits per heavy atom. The van der Waals surface area contributed by atoms with Gasteiger partial charge in [0.2, 0.25) is 0 Å². The molecule has 0 aromatic heterocycles. The molecule has 1 aliphatic heterocycles. The molecule has 0 saturated carbocycles. The lowest BCUT2D eigenvalue weighted by Crippen LogP contribution is -2.23.